The van der Waals surface area contributed by atoms with E-state index in [1.807, 2.05) is 0 Å². The summed E-state index contributed by atoms with van der Waals surface area (Å²) in [5.41, 5.74) is 0.212. The van der Waals surface area contributed by atoms with Crippen LogP contribution >= 0.6 is 0 Å². The summed E-state index contributed by atoms with van der Waals surface area (Å²) in [6.45, 7) is 3.37. The zero-order chi connectivity index (χ0) is 10.7. The number of dihydropyridines is 1. The summed E-state index contributed by atoms with van der Waals surface area (Å²) in [4.78, 5) is 25.7. The van der Waals surface area contributed by atoms with Gasteiger partial charge in [0.15, 0.2) is 0 Å². The summed E-state index contributed by atoms with van der Waals surface area (Å²) in [7, 11) is 0. The van der Waals surface area contributed by atoms with Gasteiger partial charge in [-0.05, 0) is 13.8 Å². The van der Waals surface area contributed by atoms with Gasteiger partial charge in [0.2, 0.25) is 0 Å². The van der Waals surface area contributed by atoms with E-state index in [0.717, 1.165) is 0 Å². The number of carbonyl (C=O) groups is 2. The minimum atomic E-state index is -0.640. The lowest BCUT2D eigenvalue weighted by Gasteiger charge is -2.12. The Balaban J connectivity index is 2.97. The molecule has 1 amide bonds. The van der Waals surface area contributed by atoms with E-state index < -0.39 is 11.9 Å². The van der Waals surface area contributed by atoms with E-state index in [-0.39, 0.29) is 30.1 Å². The van der Waals surface area contributed by atoms with Gasteiger partial charge in [-0.1, -0.05) is 0 Å². The Bertz CT molecular complexity index is 341. The van der Waals surface area contributed by atoms with Crippen molar-refractivity contribution in [2.24, 2.45) is 4.99 Å². The third kappa shape index (κ3) is 1.99. The van der Waals surface area contributed by atoms with E-state index >= 15 is 0 Å². The Kier molecular flexibility index (Phi) is 3.01. The first kappa shape index (κ1) is 10.4. The summed E-state index contributed by atoms with van der Waals surface area (Å²) in [5.74, 6) is -1.35. The Morgan fingerprint density at radius 3 is 2.79 bits per heavy atom. The second-order valence-electron chi connectivity index (χ2n) is 2.81. The van der Waals surface area contributed by atoms with Gasteiger partial charge in [-0.2, -0.15) is 0 Å². The molecule has 0 radical (unpaired) electrons. The highest BCUT2D eigenvalue weighted by atomic mass is 16.5. The number of aliphatic hydroxyl groups is 1. The molecule has 0 saturated heterocycles. The van der Waals surface area contributed by atoms with Crippen molar-refractivity contribution in [2.75, 3.05) is 6.61 Å². The quantitative estimate of drug-likeness (QED) is 0.663. The monoisotopic (exact) mass is 197 g/mol. The molecule has 1 N–H and O–H groups in total. The van der Waals surface area contributed by atoms with E-state index in [4.69, 9.17) is 4.74 Å². The van der Waals surface area contributed by atoms with Crippen LogP contribution in [0.4, 0.5) is 0 Å². The molecule has 0 aliphatic carbocycles. The van der Waals surface area contributed by atoms with Crippen molar-refractivity contribution in [3.63, 3.8) is 0 Å². The van der Waals surface area contributed by atoms with Crippen molar-refractivity contribution in [1.29, 1.82) is 0 Å². The summed E-state index contributed by atoms with van der Waals surface area (Å²) in [6.07, 6.45) is -0.231. The number of hydrogen-bond acceptors (Lipinski definition) is 4. The van der Waals surface area contributed by atoms with Gasteiger partial charge in [-0.15, -0.1) is 0 Å². The Hall–Kier alpha value is -1.65. The number of esters is 1. The van der Waals surface area contributed by atoms with E-state index in [1.54, 1.807) is 6.92 Å². The predicted molar refractivity (Wildman–Crippen MR) is 49.0 cm³/mol. The molecule has 0 unspecified atom stereocenters. The molecule has 1 aliphatic heterocycles. The van der Waals surface area contributed by atoms with E-state index in [0.29, 0.717) is 0 Å². The van der Waals surface area contributed by atoms with Gasteiger partial charge in [0.05, 0.1) is 18.7 Å². The number of aliphatic hydroxyl groups excluding tert-OH is 1. The summed E-state index contributed by atoms with van der Waals surface area (Å²) < 4.78 is 4.71. The molecule has 76 valence electrons. The van der Waals surface area contributed by atoms with Gasteiger partial charge in [0, 0.05) is 0 Å². The molecule has 0 saturated carbocycles. The van der Waals surface area contributed by atoms with Crippen LogP contribution < -0.4 is 0 Å². The lowest BCUT2D eigenvalue weighted by Crippen LogP contribution is -2.21. The number of aliphatic imine (C=N–C) groups is 1. The SMILES string of the molecule is CCOC(=O)C1=C(O)CC(=O)N=C1C. The highest BCUT2D eigenvalue weighted by Gasteiger charge is 2.25. The largest absolute Gasteiger partial charge is 0.511 e. The Morgan fingerprint density at radius 2 is 2.29 bits per heavy atom. The molecular weight excluding hydrogens is 186 g/mol. The molecule has 0 aromatic heterocycles. The number of carbonyl (C=O) groups excluding carboxylic acids is 2. The lowest BCUT2D eigenvalue weighted by atomic mass is 10.1. The van der Waals surface area contributed by atoms with Crippen molar-refractivity contribution in [3.05, 3.63) is 11.3 Å². The molecule has 1 rings (SSSR count). The van der Waals surface area contributed by atoms with Crippen molar-refractivity contribution >= 4 is 17.6 Å². The molecule has 14 heavy (non-hydrogen) atoms. The Morgan fingerprint density at radius 1 is 1.64 bits per heavy atom. The first-order valence-corrected chi connectivity index (χ1v) is 4.24. The van der Waals surface area contributed by atoms with E-state index in [9.17, 15) is 14.7 Å². The minimum Gasteiger partial charge on any atom is -0.511 e. The van der Waals surface area contributed by atoms with Crippen LogP contribution in [-0.4, -0.2) is 29.3 Å². The van der Waals surface area contributed by atoms with E-state index in [1.165, 1.54) is 6.92 Å². The van der Waals surface area contributed by atoms with Crippen LogP contribution in [0.5, 0.6) is 0 Å². The van der Waals surface area contributed by atoms with Crippen molar-refractivity contribution in [3.8, 4) is 0 Å². The maximum Gasteiger partial charge on any atom is 0.343 e. The first-order chi connectivity index (χ1) is 6.56. The van der Waals surface area contributed by atoms with Gasteiger partial charge < -0.3 is 9.84 Å². The van der Waals surface area contributed by atoms with Crippen LogP contribution in [0, 0.1) is 0 Å². The predicted octanol–water partition coefficient (Wildman–Crippen LogP) is 0.753. The molecule has 0 aromatic carbocycles. The normalized spacial score (nSPS) is 16.7. The van der Waals surface area contributed by atoms with Crippen LogP contribution in [-0.2, 0) is 14.3 Å². The van der Waals surface area contributed by atoms with Crippen molar-refractivity contribution in [1.82, 2.24) is 0 Å². The minimum absolute atomic E-state index is 0.00597. The molecule has 0 spiro atoms. The number of rotatable bonds is 2. The molecule has 1 heterocycles. The van der Waals surface area contributed by atoms with Gasteiger partial charge >= 0.3 is 5.97 Å². The van der Waals surface area contributed by atoms with Crippen LogP contribution in [0.25, 0.3) is 0 Å². The molecule has 0 atom stereocenters. The molecule has 0 aromatic rings. The fourth-order valence-electron chi connectivity index (χ4n) is 1.19. The molecule has 5 heteroatoms. The number of ether oxygens (including phenoxy) is 1. The topological polar surface area (TPSA) is 76.0 Å². The molecule has 5 nitrogen and oxygen atoms in total. The van der Waals surface area contributed by atoms with Crippen molar-refractivity contribution in [2.45, 2.75) is 20.3 Å². The standard InChI is InChI=1S/C9H11NO4/c1-3-14-9(13)8-5(2)10-7(12)4-6(8)11/h11H,3-4H2,1-2H3. The number of nitrogens with zero attached hydrogens (tertiary/aromatic N) is 1. The van der Waals surface area contributed by atoms with Gasteiger partial charge in [0.1, 0.15) is 11.3 Å². The zero-order valence-electron chi connectivity index (χ0n) is 8.03. The van der Waals surface area contributed by atoms with Gasteiger partial charge in [0.25, 0.3) is 5.91 Å². The maximum atomic E-state index is 11.3. The summed E-state index contributed by atoms with van der Waals surface area (Å²) in [6, 6.07) is 0. The van der Waals surface area contributed by atoms with Gasteiger partial charge in [-0.25, -0.2) is 9.79 Å². The highest BCUT2D eigenvalue weighted by Crippen LogP contribution is 2.16. The van der Waals surface area contributed by atoms with Crippen LogP contribution in [0.2, 0.25) is 0 Å². The van der Waals surface area contributed by atoms with Crippen LogP contribution in [0.1, 0.15) is 20.3 Å². The van der Waals surface area contributed by atoms with E-state index in [2.05, 4.69) is 4.99 Å². The van der Waals surface area contributed by atoms with Gasteiger partial charge in [-0.3, -0.25) is 4.79 Å². The molecule has 0 bridgehead atoms. The summed E-state index contributed by atoms with van der Waals surface area (Å²) in [5, 5.41) is 9.38. The average molecular weight is 197 g/mol. The smallest absolute Gasteiger partial charge is 0.343 e. The Labute approximate surface area is 81.1 Å². The fraction of sp³-hybridized carbons (Fsp3) is 0.444. The second kappa shape index (κ2) is 4.04. The highest BCUT2D eigenvalue weighted by molar-refractivity contribution is 6.23. The molecule has 1 aliphatic rings. The molecule has 0 fully saturated rings. The molecular formula is C9H11NO4. The van der Waals surface area contributed by atoms with Crippen molar-refractivity contribution < 1.29 is 19.4 Å². The number of hydrogen-bond donors (Lipinski definition) is 1. The summed E-state index contributed by atoms with van der Waals surface area (Å²) >= 11 is 0. The van der Waals surface area contributed by atoms with Crippen LogP contribution in [0.15, 0.2) is 16.3 Å². The number of amides is 1. The van der Waals surface area contributed by atoms with Crippen LogP contribution in [0.3, 0.4) is 0 Å². The maximum absolute atomic E-state index is 11.3. The second-order valence-corrected chi connectivity index (χ2v) is 2.81. The lowest BCUT2D eigenvalue weighted by molar-refractivity contribution is -0.138. The first-order valence-electron chi connectivity index (χ1n) is 4.24. The fourth-order valence-corrected chi connectivity index (χ4v) is 1.19. The average Bonchev–Trinajstić information content (AvgIpc) is 2.01. The third-order valence-corrected chi connectivity index (χ3v) is 1.74. The third-order valence-electron chi connectivity index (χ3n) is 1.74. The zero-order valence-corrected chi connectivity index (χ0v) is 8.03.